The van der Waals surface area contributed by atoms with Crippen LogP contribution in [0.25, 0.3) is 16.7 Å². The van der Waals surface area contributed by atoms with Crippen molar-refractivity contribution in [2.24, 2.45) is 0 Å². The Morgan fingerprint density at radius 1 is 1.10 bits per heavy atom. The molecule has 1 aromatic carbocycles. The first-order valence-corrected chi connectivity index (χ1v) is 7.00. The highest BCUT2D eigenvalue weighted by Gasteiger charge is 2.19. The number of hydrogen-bond donors (Lipinski definition) is 0. The second-order valence-electron chi connectivity index (χ2n) is 4.85. The lowest BCUT2D eigenvalue weighted by atomic mass is 10.0. The lowest BCUT2D eigenvalue weighted by Gasteiger charge is -2.13. The number of aromatic nitrogens is 4. The summed E-state index contributed by atoms with van der Waals surface area (Å²) in [6.07, 6.45) is 3.39. The van der Waals surface area contributed by atoms with Crippen molar-refractivity contribution < 1.29 is 0 Å². The molecule has 5 heteroatoms. The minimum Gasteiger partial charge on any atom is -0.240 e. The molecule has 0 saturated carbocycles. The van der Waals surface area contributed by atoms with Gasteiger partial charge in [0.15, 0.2) is 5.65 Å². The van der Waals surface area contributed by atoms with Gasteiger partial charge >= 0.3 is 0 Å². The summed E-state index contributed by atoms with van der Waals surface area (Å²) >= 11 is 6.20. The Kier molecular flexibility index (Phi) is 3.40. The fourth-order valence-electron chi connectivity index (χ4n) is 2.20. The van der Waals surface area contributed by atoms with Gasteiger partial charge in [0.1, 0.15) is 6.33 Å². The van der Waals surface area contributed by atoms with Crippen molar-refractivity contribution in [2.75, 3.05) is 0 Å². The quantitative estimate of drug-likeness (QED) is 0.692. The summed E-state index contributed by atoms with van der Waals surface area (Å²) in [6.45, 7) is 4.04. The van der Waals surface area contributed by atoms with Gasteiger partial charge in [0.2, 0.25) is 0 Å². The normalized spacial score (nSPS) is 14.3. The van der Waals surface area contributed by atoms with Gasteiger partial charge in [0.05, 0.1) is 23.0 Å². The number of benzene rings is 1. The summed E-state index contributed by atoms with van der Waals surface area (Å²) in [6, 6.07) is 9.94. The van der Waals surface area contributed by atoms with Gasteiger partial charge in [-0.3, -0.25) is 0 Å². The van der Waals surface area contributed by atoms with Crippen LogP contribution < -0.4 is 0 Å². The van der Waals surface area contributed by atoms with E-state index < -0.39 is 0 Å². The second kappa shape index (κ2) is 5.21. The van der Waals surface area contributed by atoms with Crippen LogP contribution in [0.3, 0.4) is 0 Å². The molecule has 2 heterocycles. The molecule has 0 N–H and O–H groups in total. The molecule has 4 nitrogen and oxygen atoms in total. The number of para-hydroxylation sites is 1. The van der Waals surface area contributed by atoms with E-state index in [9.17, 15) is 0 Å². The highest BCUT2D eigenvalue weighted by molar-refractivity contribution is 6.21. The molecular formula is C15H15ClN4. The third kappa shape index (κ3) is 2.16. The molecule has 2 atom stereocenters. The minimum absolute atomic E-state index is 0.00757. The zero-order valence-electron chi connectivity index (χ0n) is 11.4. The first kappa shape index (κ1) is 13.1. The van der Waals surface area contributed by atoms with Crippen molar-refractivity contribution in [3.63, 3.8) is 0 Å². The van der Waals surface area contributed by atoms with Crippen molar-refractivity contribution >= 4 is 22.6 Å². The summed E-state index contributed by atoms with van der Waals surface area (Å²) in [5.74, 6) is 0.149. The molecule has 0 aliphatic heterocycles. The third-order valence-corrected chi connectivity index (χ3v) is 3.90. The zero-order chi connectivity index (χ0) is 14.1. The number of halogens is 1. The highest BCUT2D eigenvalue weighted by atomic mass is 35.5. The Labute approximate surface area is 122 Å². The summed E-state index contributed by atoms with van der Waals surface area (Å²) in [5, 5.41) is 5.40. The van der Waals surface area contributed by atoms with Crippen LogP contribution in [-0.4, -0.2) is 25.1 Å². The number of rotatable bonds is 3. The Morgan fingerprint density at radius 3 is 2.55 bits per heavy atom. The Balaban J connectivity index is 2.18. The smallest absolute Gasteiger partial charge is 0.166 e. The van der Waals surface area contributed by atoms with Gasteiger partial charge in [0.25, 0.3) is 0 Å². The van der Waals surface area contributed by atoms with Crippen molar-refractivity contribution in [2.45, 2.75) is 25.1 Å². The van der Waals surface area contributed by atoms with E-state index in [1.165, 1.54) is 0 Å². The van der Waals surface area contributed by atoms with E-state index in [4.69, 9.17) is 11.6 Å². The average molecular weight is 287 g/mol. The van der Waals surface area contributed by atoms with E-state index >= 15 is 0 Å². The number of nitrogens with zero attached hydrogens (tertiary/aromatic N) is 4. The van der Waals surface area contributed by atoms with Crippen molar-refractivity contribution in [3.8, 4) is 5.69 Å². The monoisotopic (exact) mass is 286 g/mol. The van der Waals surface area contributed by atoms with Gasteiger partial charge in [-0.2, -0.15) is 5.10 Å². The standard InChI is InChI=1S/C15H15ClN4/c1-10(11(2)16)14-13-8-19-20(15(13)18-9-17-14)12-6-4-3-5-7-12/h3-11H,1-2H3. The first-order valence-electron chi connectivity index (χ1n) is 6.56. The molecule has 0 fully saturated rings. The number of hydrogen-bond acceptors (Lipinski definition) is 3. The van der Waals surface area contributed by atoms with Crippen LogP contribution in [0.5, 0.6) is 0 Å². The van der Waals surface area contributed by atoms with E-state index in [0.717, 1.165) is 22.4 Å². The molecule has 20 heavy (non-hydrogen) atoms. The molecule has 3 rings (SSSR count). The van der Waals surface area contributed by atoms with Crippen LogP contribution >= 0.6 is 11.6 Å². The molecule has 0 aliphatic carbocycles. The van der Waals surface area contributed by atoms with E-state index in [-0.39, 0.29) is 11.3 Å². The molecule has 0 spiro atoms. The van der Waals surface area contributed by atoms with Gasteiger partial charge in [-0.1, -0.05) is 25.1 Å². The number of alkyl halides is 1. The van der Waals surface area contributed by atoms with Gasteiger partial charge < -0.3 is 0 Å². The largest absolute Gasteiger partial charge is 0.240 e. The van der Waals surface area contributed by atoms with Crippen LogP contribution in [0.15, 0.2) is 42.9 Å². The number of fused-ring (bicyclic) bond motifs is 1. The molecular weight excluding hydrogens is 272 g/mol. The molecule has 0 saturated heterocycles. The van der Waals surface area contributed by atoms with Crippen LogP contribution in [0.2, 0.25) is 0 Å². The molecule has 3 aromatic rings. The van der Waals surface area contributed by atoms with E-state index in [0.29, 0.717) is 0 Å². The lowest BCUT2D eigenvalue weighted by Crippen LogP contribution is -2.08. The summed E-state index contributed by atoms with van der Waals surface area (Å²) in [5.41, 5.74) is 2.74. The molecule has 0 aliphatic rings. The van der Waals surface area contributed by atoms with Crippen molar-refractivity contribution in [3.05, 3.63) is 48.5 Å². The molecule has 102 valence electrons. The van der Waals surface area contributed by atoms with Gasteiger partial charge in [-0.15, -0.1) is 11.6 Å². The Hall–Kier alpha value is -1.94. The van der Waals surface area contributed by atoms with Gasteiger partial charge in [0, 0.05) is 11.3 Å². The minimum atomic E-state index is 0.00757. The van der Waals surface area contributed by atoms with Crippen LogP contribution in [-0.2, 0) is 0 Å². The summed E-state index contributed by atoms with van der Waals surface area (Å²) in [4.78, 5) is 8.75. The maximum atomic E-state index is 6.20. The average Bonchev–Trinajstić information content (AvgIpc) is 2.91. The fraction of sp³-hybridized carbons (Fsp3) is 0.267. The SMILES string of the molecule is CC(Cl)C(C)c1ncnc2c1cnn2-c1ccccc1. The van der Waals surface area contributed by atoms with Crippen molar-refractivity contribution in [1.29, 1.82) is 0 Å². The summed E-state index contributed by atoms with van der Waals surface area (Å²) in [7, 11) is 0. The van der Waals surface area contributed by atoms with Crippen LogP contribution in [0.4, 0.5) is 0 Å². The Morgan fingerprint density at radius 2 is 1.85 bits per heavy atom. The first-order chi connectivity index (χ1) is 9.68. The van der Waals surface area contributed by atoms with Crippen molar-refractivity contribution in [1.82, 2.24) is 19.7 Å². The Bertz CT molecular complexity index is 721. The summed E-state index contributed by atoms with van der Waals surface area (Å²) < 4.78 is 1.83. The van der Waals surface area contributed by atoms with Crippen LogP contribution in [0, 0.1) is 0 Å². The maximum Gasteiger partial charge on any atom is 0.166 e. The predicted octanol–water partition coefficient (Wildman–Crippen LogP) is 3.55. The maximum absolute atomic E-state index is 6.20. The van der Waals surface area contributed by atoms with E-state index in [2.05, 4.69) is 22.0 Å². The molecule has 0 radical (unpaired) electrons. The second-order valence-corrected chi connectivity index (χ2v) is 5.54. The fourth-order valence-corrected chi connectivity index (χ4v) is 2.32. The zero-order valence-corrected chi connectivity index (χ0v) is 12.1. The van der Waals surface area contributed by atoms with Crippen LogP contribution in [0.1, 0.15) is 25.5 Å². The lowest BCUT2D eigenvalue weighted by molar-refractivity contribution is 0.721. The molecule has 2 aromatic heterocycles. The van der Waals surface area contributed by atoms with E-state index in [1.807, 2.05) is 48.1 Å². The third-order valence-electron chi connectivity index (χ3n) is 3.52. The van der Waals surface area contributed by atoms with Gasteiger partial charge in [-0.05, 0) is 19.1 Å². The molecule has 0 amide bonds. The van der Waals surface area contributed by atoms with E-state index in [1.54, 1.807) is 6.33 Å². The topological polar surface area (TPSA) is 43.6 Å². The predicted molar refractivity (Wildman–Crippen MR) is 80.4 cm³/mol. The molecule has 2 unspecified atom stereocenters. The highest BCUT2D eigenvalue weighted by Crippen LogP contribution is 2.27. The molecule has 0 bridgehead atoms. The van der Waals surface area contributed by atoms with Gasteiger partial charge in [-0.25, -0.2) is 14.6 Å².